The molecular formula is C11H16N2. The van der Waals surface area contributed by atoms with Gasteiger partial charge in [-0.3, -0.25) is 5.41 Å². The normalized spacial score (nSPS) is 9.92. The minimum absolute atomic E-state index is 0.225. The number of nitrogens with one attached hydrogen (secondary N) is 1. The van der Waals surface area contributed by atoms with E-state index >= 15 is 0 Å². The Morgan fingerprint density at radius 2 is 1.77 bits per heavy atom. The highest BCUT2D eigenvalue weighted by Crippen LogP contribution is 2.06. The molecule has 1 aromatic rings. The lowest BCUT2D eigenvalue weighted by Gasteiger charge is -2.01. The first-order valence-electron chi connectivity index (χ1n) is 4.63. The van der Waals surface area contributed by atoms with Gasteiger partial charge in [0.05, 0.1) is 5.84 Å². The minimum Gasteiger partial charge on any atom is -0.387 e. The van der Waals surface area contributed by atoms with Gasteiger partial charge in [0.25, 0.3) is 0 Å². The number of hydrogen-bond donors (Lipinski definition) is 2. The molecule has 0 heterocycles. The summed E-state index contributed by atoms with van der Waals surface area (Å²) in [6, 6.07) is 8.32. The fourth-order valence-corrected chi connectivity index (χ4v) is 1.33. The summed E-state index contributed by atoms with van der Waals surface area (Å²) in [5.74, 6) is 0.225. The van der Waals surface area contributed by atoms with Crippen LogP contribution in [0.2, 0.25) is 0 Å². The highest BCUT2D eigenvalue weighted by molar-refractivity contribution is 5.79. The smallest absolute Gasteiger partial charge is 0.0950 e. The van der Waals surface area contributed by atoms with Gasteiger partial charge in [-0.2, -0.15) is 0 Å². The van der Waals surface area contributed by atoms with Gasteiger partial charge in [-0.05, 0) is 17.5 Å². The zero-order valence-corrected chi connectivity index (χ0v) is 8.01. The molecule has 1 aromatic carbocycles. The topological polar surface area (TPSA) is 49.9 Å². The lowest BCUT2D eigenvalue weighted by Crippen LogP contribution is -2.12. The number of aryl methyl sites for hydroxylation is 1. The van der Waals surface area contributed by atoms with Gasteiger partial charge in [-0.15, -0.1) is 0 Å². The van der Waals surface area contributed by atoms with Crippen LogP contribution in [0.4, 0.5) is 0 Å². The number of hydrogen-bond acceptors (Lipinski definition) is 1. The molecule has 13 heavy (non-hydrogen) atoms. The molecule has 1 rings (SSSR count). The predicted molar refractivity (Wildman–Crippen MR) is 56.1 cm³/mol. The van der Waals surface area contributed by atoms with Crippen molar-refractivity contribution < 1.29 is 0 Å². The van der Waals surface area contributed by atoms with Crippen LogP contribution in [-0.4, -0.2) is 5.84 Å². The zero-order valence-electron chi connectivity index (χ0n) is 8.01. The summed E-state index contributed by atoms with van der Waals surface area (Å²) in [4.78, 5) is 0. The van der Waals surface area contributed by atoms with E-state index in [2.05, 4.69) is 19.1 Å². The van der Waals surface area contributed by atoms with E-state index in [0.717, 1.165) is 12.0 Å². The lowest BCUT2D eigenvalue weighted by molar-refractivity contribution is 0.921. The van der Waals surface area contributed by atoms with Gasteiger partial charge < -0.3 is 5.73 Å². The summed E-state index contributed by atoms with van der Waals surface area (Å²) in [5.41, 5.74) is 7.78. The van der Waals surface area contributed by atoms with Crippen LogP contribution in [0.15, 0.2) is 24.3 Å². The van der Waals surface area contributed by atoms with Crippen LogP contribution in [0.5, 0.6) is 0 Å². The van der Waals surface area contributed by atoms with Crippen molar-refractivity contribution in [2.45, 2.75) is 26.2 Å². The van der Waals surface area contributed by atoms with E-state index in [9.17, 15) is 0 Å². The standard InChI is InChI=1S/C11H16N2/c1-2-3-9-4-6-10(7-5-9)8-11(12)13/h4-7H,2-3,8H2,1H3,(H3,12,13). The summed E-state index contributed by atoms with van der Waals surface area (Å²) >= 11 is 0. The molecule has 2 nitrogen and oxygen atoms in total. The van der Waals surface area contributed by atoms with Crippen LogP contribution in [0.1, 0.15) is 24.5 Å². The van der Waals surface area contributed by atoms with Crippen molar-refractivity contribution in [2.24, 2.45) is 5.73 Å². The molecule has 0 unspecified atom stereocenters. The van der Waals surface area contributed by atoms with Crippen LogP contribution in [-0.2, 0) is 12.8 Å². The maximum Gasteiger partial charge on any atom is 0.0950 e. The predicted octanol–water partition coefficient (Wildman–Crippen LogP) is 2.12. The van der Waals surface area contributed by atoms with Crippen LogP contribution < -0.4 is 5.73 Å². The third-order valence-corrected chi connectivity index (χ3v) is 1.96. The molecule has 0 radical (unpaired) electrons. The molecule has 0 saturated carbocycles. The van der Waals surface area contributed by atoms with E-state index in [1.165, 1.54) is 12.0 Å². The average Bonchev–Trinajstić information content (AvgIpc) is 2.08. The number of nitrogens with two attached hydrogens (primary N) is 1. The minimum atomic E-state index is 0.225. The third kappa shape index (κ3) is 3.28. The summed E-state index contributed by atoms with van der Waals surface area (Å²) < 4.78 is 0. The van der Waals surface area contributed by atoms with Gasteiger partial charge in [0.15, 0.2) is 0 Å². The van der Waals surface area contributed by atoms with Crippen LogP contribution in [0.25, 0.3) is 0 Å². The van der Waals surface area contributed by atoms with E-state index in [4.69, 9.17) is 11.1 Å². The Balaban J connectivity index is 2.64. The van der Waals surface area contributed by atoms with Crippen molar-refractivity contribution in [2.75, 3.05) is 0 Å². The summed E-state index contributed by atoms with van der Waals surface area (Å²) in [5, 5.41) is 7.14. The maximum atomic E-state index is 7.14. The van der Waals surface area contributed by atoms with Gasteiger partial charge in [-0.25, -0.2) is 0 Å². The molecule has 0 fully saturated rings. The van der Waals surface area contributed by atoms with Crippen LogP contribution in [0, 0.1) is 5.41 Å². The SMILES string of the molecule is CCCc1ccc(CC(=N)N)cc1. The van der Waals surface area contributed by atoms with Crippen molar-refractivity contribution in [3.63, 3.8) is 0 Å². The first kappa shape index (κ1) is 9.78. The van der Waals surface area contributed by atoms with Gasteiger partial charge >= 0.3 is 0 Å². The quantitative estimate of drug-likeness (QED) is 0.536. The van der Waals surface area contributed by atoms with Crippen LogP contribution >= 0.6 is 0 Å². The molecule has 0 aliphatic rings. The Labute approximate surface area is 79.3 Å². The van der Waals surface area contributed by atoms with E-state index < -0.39 is 0 Å². The van der Waals surface area contributed by atoms with E-state index in [0.29, 0.717) is 6.42 Å². The molecule has 0 atom stereocenters. The number of amidine groups is 1. The van der Waals surface area contributed by atoms with Crippen molar-refractivity contribution >= 4 is 5.84 Å². The monoisotopic (exact) mass is 176 g/mol. The highest BCUT2D eigenvalue weighted by Gasteiger charge is 1.95. The maximum absolute atomic E-state index is 7.14. The molecule has 0 aliphatic heterocycles. The second-order valence-corrected chi connectivity index (χ2v) is 3.27. The molecule has 0 aliphatic carbocycles. The lowest BCUT2D eigenvalue weighted by atomic mass is 10.1. The molecule has 70 valence electrons. The molecule has 0 aromatic heterocycles. The van der Waals surface area contributed by atoms with Crippen molar-refractivity contribution in [1.29, 1.82) is 5.41 Å². The largest absolute Gasteiger partial charge is 0.387 e. The summed E-state index contributed by atoms with van der Waals surface area (Å²) in [6.45, 7) is 2.17. The summed E-state index contributed by atoms with van der Waals surface area (Å²) in [6.07, 6.45) is 2.86. The molecule has 0 bridgehead atoms. The van der Waals surface area contributed by atoms with Gasteiger partial charge in [0.1, 0.15) is 0 Å². The Bertz CT molecular complexity index is 275. The van der Waals surface area contributed by atoms with Gasteiger partial charge in [0.2, 0.25) is 0 Å². The summed E-state index contributed by atoms with van der Waals surface area (Å²) in [7, 11) is 0. The zero-order chi connectivity index (χ0) is 9.68. The van der Waals surface area contributed by atoms with Gasteiger partial charge in [-0.1, -0.05) is 37.6 Å². The molecule has 0 amide bonds. The van der Waals surface area contributed by atoms with Gasteiger partial charge in [0, 0.05) is 6.42 Å². The van der Waals surface area contributed by atoms with Crippen molar-refractivity contribution in [1.82, 2.24) is 0 Å². The fourth-order valence-electron chi connectivity index (χ4n) is 1.33. The van der Waals surface area contributed by atoms with Crippen molar-refractivity contribution in [3.8, 4) is 0 Å². The molecule has 2 heteroatoms. The fraction of sp³-hybridized carbons (Fsp3) is 0.364. The Morgan fingerprint density at radius 1 is 1.23 bits per heavy atom. The molecule has 0 spiro atoms. The first-order chi connectivity index (χ1) is 6.22. The van der Waals surface area contributed by atoms with Crippen molar-refractivity contribution in [3.05, 3.63) is 35.4 Å². The Kier molecular flexibility index (Phi) is 3.50. The second-order valence-electron chi connectivity index (χ2n) is 3.27. The number of benzene rings is 1. The van der Waals surface area contributed by atoms with Crippen LogP contribution in [0.3, 0.4) is 0 Å². The van der Waals surface area contributed by atoms with E-state index in [-0.39, 0.29) is 5.84 Å². The number of rotatable bonds is 4. The molecule has 3 N–H and O–H groups in total. The third-order valence-electron chi connectivity index (χ3n) is 1.96. The average molecular weight is 176 g/mol. The first-order valence-corrected chi connectivity index (χ1v) is 4.63. The second kappa shape index (κ2) is 4.65. The van der Waals surface area contributed by atoms with E-state index in [1.807, 2.05) is 12.1 Å². The molecule has 0 saturated heterocycles. The van der Waals surface area contributed by atoms with E-state index in [1.54, 1.807) is 0 Å². The highest BCUT2D eigenvalue weighted by atomic mass is 14.7. The molecular weight excluding hydrogens is 160 g/mol. The Hall–Kier alpha value is -1.31. The Morgan fingerprint density at radius 3 is 2.23 bits per heavy atom.